The summed E-state index contributed by atoms with van der Waals surface area (Å²) in [5, 5.41) is 0. The molecule has 0 heterocycles. The summed E-state index contributed by atoms with van der Waals surface area (Å²) >= 11 is 7.12. The van der Waals surface area contributed by atoms with Crippen molar-refractivity contribution in [3.8, 4) is 0 Å². The third-order valence-corrected chi connectivity index (χ3v) is 4.17. The van der Waals surface area contributed by atoms with Gasteiger partial charge in [0.1, 0.15) is 4.87 Å². The topological polar surface area (TPSA) is 0 Å². The summed E-state index contributed by atoms with van der Waals surface area (Å²) in [4.78, 5) is -0.649. The summed E-state index contributed by atoms with van der Waals surface area (Å²) in [6.45, 7) is 0. The highest BCUT2D eigenvalue weighted by Crippen LogP contribution is 2.42. The van der Waals surface area contributed by atoms with Crippen molar-refractivity contribution in [3.05, 3.63) is 108 Å². The molecule has 0 spiro atoms. The van der Waals surface area contributed by atoms with Crippen LogP contribution in [0.5, 0.6) is 0 Å². The molecule has 0 aliphatic heterocycles. The third-order valence-electron chi connectivity index (χ3n) is 3.51. The number of rotatable bonds is 3. The van der Waals surface area contributed by atoms with Gasteiger partial charge in [-0.05, 0) is 27.7 Å². The summed E-state index contributed by atoms with van der Waals surface area (Å²) in [7, 11) is 0. The lowest BCUT2D eigenvalue weighted by Gasteiger charge is -2.29. The zero-order valence-corrected chi connectivity index (χ0v) is 11.8. The Bertz CT molecular complexity index is 569. The number of hydrogen-bond acceptors (Lipinski definition) is 0. The number of halogens is 1. The average Bonchev–Trinajstić information content (AvgIpc) is 2.56. The molecule has 0 saturated heterocycles. The van der Waals surface area contributed by atoms with Crippen LogP contribution in [0.4, 0.5) is 0 Å². The van der Waals surface area contributed by atoms with Crippen LogP contribution in [0, 0.1) is 0 Å². The quantitative estimate of drug-likeness (QED) is 0.392. The lowest BCUT2D eigenvalue weighted by molar-refractivity contribution is 0.879. The Morgan fingerprint density at radius 1 is 0.476 bits per heavy atom. The van der Waals surface area contributed by atoms with Gasteiger partial charge in [-0.1, -0.05) is 91.0 Å². The minimum atomic E-state index is -0.649. The maximum atomic E-state index is 7.12. The second kappa shape index (κ2) is 6.75. The molecule has 0 saturated carbocycles. The fourth-order valence-electron chi connectivity index (χ4n) is 2.50. The van der Waals surface area contributed by atoms with Crippen LogP contribution < -0.4 is 0 Å². The zero-order valence-electron chi connectivity index (χ0n) is 11.0. The van der Waals surface area contributed by atoms with E-state index in [1.165, 1.54) is 0 Å². The predicted molar refractivity (Wildman–Crippen MR) is 96.4 cm³/mol. The van der Waals surface area contributed by atoms with Gasteiger partial charge in [-0.3, -0.25) is 0 Å². The largest absolute Gasteiger partial charge is 0.119 e. The highest BCUT2D eigenvalue weighted by Gasteiger charge is 2.33. The van der Waals surface area contributed by atoms with Crippen LogP contribution >= 0.6 is 11.6 Å². The van der Waals surface area contributed by atoms with Gasteiger partial charge in [0.15, 0.2) is 0 Å². The highest BCUT2D eigenvalue weighted by molar-refractivity contribution is 6.28. The predicted octanol–water partition coefficient (Wildman–Crippen LogP) is 3.77. The van der Waals surface area contributed by atoms with Gasteiger partial charge in [0, 0.05) is 0 Å². The zero-order chi connectivity index (χ0) is 13.8. The lowest BCUT2D eigenvalue weighted by Crippen LogP contribution is -2.22. The van der Waals surface area contributed by atoms with E-state index in [2.05, 4.69) is 36.4 Å². The summed E-state index contributed by atoms with van der Waals surface area (Å²) < 4.78 is 0. The van der Waals surface area contributed by atoms with E-state index in [-0.39, 0.29) is 11.0 Å². The molecule has 3 aromatic rings. The molecule has 0 atom stereocenters. The van der Waals surface area contributed by atoms with Crippen LogP contribution in [0.15, 0.2) is 91.0 Å². The molecule has 3 rings (SSSR count). The van der Waals surface area contributed by atoms with Crippen molar-refractivity contribution in [2.75, 3.05) is 0 Å². The first kappa shape index (κ1) is 15.6. The van der Waals surface area contributed by atoms with Gasteiger partial charge in [-0.15, -0.1) is 11.6 Å². The van der Waals surface area contributed by atoms with Gasteiger partial charge >= 0.3 is 0 Å². The van der Waals surface area contributed by atoms with E-state index < -0.39 is 4.87 Å². The summed E-state index contributed by atoms with van der Waals surface area (Å²) in [6, 6.07) is 30.6. The second-order valence-electron chi connectivity index (χ2n) is 4.76. The molecule has 0 radical (unpaired) electrons. The molecule has 3 aromatic carbocycles. The van der Waals surface area contributed by atoms with Crippen molar-refractivity contribution in [2.45, 2.75) is 4.87 Å². The first-order chi connectivity index (χ1) is 9.82. The van der Waals surface area contributed by atoms with E-state index in [1.807, 2.05) is 54.6 Å². The highest BCUT2D eigenvalue weighted by atomic mass is 35.5. The van der Waals surface area contributed by atoms with Crippen molar-refractivity contribution >= 4 is 22.6 Å². The van der Waals surface area contributed by atoms with E-state index >= 15 is 0 Å². The van der Waals surface area contributed by atoms with E-state index in [0.29, 0.717) is 0 Å². The molecule has 21 heavy (non-hydrogen) atoms. The minimum absolute atomic E-state index is 0. The van der Waals surface area contributed by atoms with Gasteiger partial charge in [0.25, 0.3) is 0 Å². The maximum Gasteiger partial charge on any atom is 0.119 e. The average molecular weight is 311 g/mol. The number of alkyl halides is 1. The molecule has 0 fully saturated rings. The van der Waals surface area contributed by atoms with Gasteiger partial charge in [-0.2, -0.15) is 0 Å². The molecule has 2 heteroatoms. The molecule has 0 aliphatic rings. The smallest absolute Gasteiger partial charge is 0.104 e. The number of hydrogen-bond donors (Lipinski definition) is 0. The standard InChI is InChI=1S/C19H15Cl.H4Si/c20-19(16-10-4-1-5-11-16,17-12-6-2-7-13-17)18-14-8-3-9-15-18;/h1-15H;1H4. The Balaban J connectivity index is 0.00000161. The Morgan fingerprint density at radius 3 is 0.952 bits per heavy atom. The van der Waals surface area contributed by atoms with Crippen molar-refractivity contribution in [3.63, 3.8) is 0 Å². The third kappa shape index (κ3) is 2.94. The van der Waals surface area contributed by atoms with Crippen LogP contribution in [-0.4, -0.2) is 11.0 Å². The Morgan fingerprint density at radius 2 is 0.714 bits per heavy atom. The molecule has 0 aromatic heterocycles. The van der Waals surface area contributed by atoms with Gasteiger partial charge < -0.3 is 0 Å². The maximum absolute atomic E-state index is 7.12. The van der Waals surface area contributed by atoms with Crippen molar-refractivity contribution in [2.24, 2.45) is 0 Å². The summed E-state index contributed by atoms with van der Waals surface area (Å²) in [6.07, 6.45) is 0. The van der Waals surface area contributed by atoms with Crippen molar-refractivity contribution in [1.82, 2.24) is 0 Å². The molecule has 0 bridgehead atoms. The SMILES string of the molecule is ClC(c1ccccc1)(c1ccccc1)c1ccccc1.[SiH4]. The van der Waals surface area contributed by atoms with E-state index in [1.54, 1.807) is 0 Å². The Hall–Kier alpha value is -1.83. The van der Waals surface area contributed by atoms with Crippen molar-refractivity contribution < 1.29 is 0 Å². The van der Waals surface area contributed by atoms with E-state index in [9.17, 15) is 0 Å². The monoisotopic (exact) mass is 310 g/mol. The second-order valence-corrected chi connectivity index (χ2v) is 5.32. The van der Waals surface area contributed by atoms with Crippen LogP contribution in [0.3, 0.4) is 0 Å². The van der Waals surface area contributed by atoms with Crippen LogP contribution in [-0.2, 0) is 4.87 Å². The van der Waals surface area contributed by atoms with Crippen LogP contribution in [0.1, 0.15) is 16.7 Å². The van der Waals surface area contributed by atoms with Gasteiger partial charge in [0.2, 0.25) is 0 Å². The first-order valence-electron chi connectivity index (χ1n) is 6.67. The summed E-state index contributed by atoms with van der Waals surface area (Å²) in [5.74, 6) is 0. The van der Waals surface area contributed by atoms with Crippen LogP contribution in [0.25, 0.3) is 0 Å². The Kier molecular flexibility index (Phi) is 5.00. The normalized spacial score (nSPS) is 10.7. The Labute approximate surface area is 135 Å². The van der Waals surface area contributed by atoms with Gasteiger partial charge in [-0.25, -0.2) is 0 Å². The number of benzene rings is 3. The van der Waals surface area contributed by atoms with Gasteiger partial charge in [0.05, 0.1) is 0 Å². The lowest BCUT2D eigenvalue weighted by atomic mass is 9.84. The fraction of sp³-hybridized carbons (Fsp3) is 0.0526. The molecule has 0 N–H and O–H groups in total. The molecule has 106 valence electrons. The molecule has 0 aliphatic carbocycles. The van der Waals surface area contributed by atoms with Crippen molar-refractivity contribution in [1.29, 1.82) is 0 Å². The van der Waals surface area contributed by atoms with E-state index in [0.717, 1.165) is 16.7 Å². The van der Waals surface area contributed by atoms with E-state index in [4.69, 9.17) is 11.6 Å². The molecule has 0 unspecified atom stereocenters. The fourth-order valence-corrected chi connectivity index (χ4v) is 2.88. The molecule has 0 nitrogen and oxygen atoms in total. The first-order valence-corrected chi connectivity index (χ1v) is 7.05. The summed E-state index contributed by atoms with van der Waals surface area (Å²) in [5.41, 5.74) is 3.25. The molecular weight excluding hydrogens is 292 g/mol. The minimum Gasteiger partial charge on any atom is -0.104 e. The van der Waals surface area contributed by atoms with Crippen LogP contribution in [0.2, 0.25) is 0 Å². The molecular formula is C19H19ClSi. The molecule has 0 amide bonds.